The number of thioether (sulfide) groups is 1. The lowest BCUT2D eigenvalue weighted by atomic mass is 10.1. The van der Waals surface area contributed by atoms with Crippen LogP contribution in [0.4, 0.5) is 24.5 Å². The van der Waals surface area contributed by atoms with Gasteiger partial charge >= 0.3 is 6.18 Å². The number of hydrogen-bond acceptors (Lipinski definition) is 4. The van der Waals surface area contributed by atoms with Crippen LogP contribution >= 0.6 is 11.8 Å². The summed E-state index contributed by atoms with van der Waals surface area (Å²) in [6, 6.07) is 11.1. The van der Waals surface area contributed by atoms with Gasteiger partial charge in [-0.2, -0.15) is 13.2 Å². The Hall–Kier alpha value is -2.55. The zero-order chi connectivity index (χ0) is 17.7. The van der Waals surface area contributed by atoms with Gasteiger partial charge in [0.15, 0.2) is 0 Å². The van der Waals surface area contributed by atoms with Crippen molar-refractivity contribution in [2.75, 3.05) is 11.1 Å². The highest BCUT2D eigenvalue weighted by atomic mass is 32.2. The Bertz CT molecular complexity index is 751. The van der Waals surface area contributed by atoms with Gasteiger partial charge in [0.25, 0.3) is 5.69 Å². The van der Waals surface area contributed by atoms with E-state index in [2.05, 4.69) is 5.32 Å². The molecule has 0 atom stereocenters. The summed E-state index contributed by atoms with van der Waals surface area (Å²) in [5, 5.41) is 12.8. The second-order valence-corrected chi connectivity index (χ2v) is 5.68. The minimum absolute atomic E-state index is 0.0850. The third kappa shape index (κ3) is 4.72. The molecule has 5 nitrogen and oxygen atoms in total. The molecule has 0 unspecified atom stereocenters. The van der Waals surface area contributed by atoms with Gasteiger partial charge in [-0.1, -0.05) is 18.2 Å². The number of carbonyl (C=O) groups is 1. The van der Waals surface area contributed by atoms with Crippen LogP contribution in [0, 0.1) is 10.1 Å². The summed E-state index contributed by atoms with van der Waals surface area (Å²) in [4.78, 5) is 22.3. The van der Waals surface area contributed by atoms with E-state index in [-0.39, 0.29) is 5.75 Å². The first-order valence-corrected chi connectivity index (χ1v) is 7.59. The van der Waals surface area contributed by atoms with Crippen molar-refractivity contribution in [3.8, 4) is 0 Å². The number of rotatable bonds is 5. The van der Waals surface area contributed by atoms with Gasteiger partial charge in [-0.3, -0.25) is 14.9 Å². The molecule has 1 N–H and O–H groups in total. The Morgan fingerprint density at radius 2 is 1.83 bits per heavy atom. The van der Waals surface area contributed by atoms with Crippen LogP contribution in [-0.4, -0.2) is 16.6 Å². The summed E-state index contributed by atoms with van der Waals surface area (Å²) in [7, 11) is 0. The van der Waals surface area contributed by atoms with Crippen LogP contribution < -0.4 is 5.32 Å². The number of non-ortho nitro benzene ring substituents is 1. The number of amides is 1. The van der Waals surface area contributed by atoms with Crippen molar-refractivity contribution in [2.45, 2.75) is 11.1 Å². The van der Waals surface area contributed by atoms with Gasteiger partial charge in [0.1, 0.15) is 0 Å². The highest BCUT2D eigenvalue weighted by molar-refractivity contribution is 8.00. The van der Waals surface area contributed by atoms with Crippen molar-refractivity contribution < 1.29 is 22.9 Å². The molecule has 2 aromatic carbocycles. The van der Waals surface area contributed by atoms with Crippen molar-refractivity contribution in [1.29, 1.82) is 0 Å². The molecule has 0 saturated heterocycles. The van der Waals surface area contributed by atoms with Crippen LogP contribution in [0.25, 0.3) is 0 Å². The molecule has 0 aliphatic heterocycles. The van der Waals surface area contributed by atoms with E-state index >= 15 is 0 Å². The summed E-state index contributed by atoms with van der Waals surface area (Å²) in [6.07, 6.45) is -4.82. The van der Waals surface area contributed by atoms with Crippen molar-refractivity contribution in [3.63, 3.8) is 0 Å². The van der Waals surface area contributed by atoms with Gasteiger partial charge in [-0.15, -0.1) is 11.8 Å². The zero-order valence-electron chi connectivity index (χ0n) is 12.0. The van der Waals surface area contributed by atoms with Gasteiger partial charge in [0.2, 0.25) is 5.91 Å². The number of halogens is 3. The number of benzene rings is 2. The van der Waals surface area contributed by atoms with Crippen molar-refractivity contribution in [2.24, 2.45) is 0 Å². The molecule has 0 radical (unpaired) electrons. The van der Waals surface area contributed by atoms with E-state index in [9.17, 15) is 28.1 Å². The van der Waals surface area contributed by atoms with E-state index in [0.717, 1.165) is 17.0 Å². The largest absolute Gasteiger partial charge is 0.418 e. The minimum Gasteiger partial charge on any atom is -0.325 e. The van der Waals surface area contributed by atoms with Crippen molar-refractivity contribution >= 4 is 29.0 Å². The van der Waals surface area contributed by atoms with Crippen molar-refractivity contribution in [3.05, 3.63) is 64.2 Å². The molecule has 9 heteroatoms. The number of hydrogen-bond donors (Lipinski definition) is 1. The molecule has 0 aliphatic carbocycles. The Morgan fingerprint density at radius 3 is 2.42 bits per heavy atom. The molecule has 0 aromatic heterocycles. The van der Waals surface area contributed by atoms with Crippen LogP contribution in [0.5, 0.6) is 0 Å². The van der Waals surface area contributed by atoms with E-state index in [1.54, 1.807) is 30.3 Å². The molecule has 126 valence electrons. The van der Waals surface area contributed by atoms with Crippen LogP contribution in [0.2, 0.25) is 0 Å². The topological polar surface area (TPSA) is 72.2 Å². The molecular weight excluding hydrogens is 345 g/mol. The molecule has 0 heterocycles. The van der Waals surface area contributed by atoms with Gasteiger partial charge in [-0.25, -0.2) is 0 Å². The first-order valence-electron chi connectivity index (χ1n) is 6.60. The first-order chi connectivity index (χ1) is 11.3. The summed E-state index contributed by atoms with van der Waals surface area (Å²) < 4.78 is 39.0. The molecule has 2 rings (SSSR count). The lowest BCUT2D eigenvalue weighted by Crippen LogP contribution is -2.18. The van der Waals surface area contributed by atoms with Crippen LogP contribution in [0.1, 0.15) is 5.56 Å². The summed E-state index contributed by atoms with van der Waals surface area (Å²) in [5.41, 5.74) is -2.46. The summed E-state index contributed by atoms with van der Waals surface area (Å²) in [6.45, 7) is 0. The van der Waals surface area contributed by atoms with Gasteiger partial charge < -0.3 is 5.32 Å². The quantitative estimate of drug-likeness (QED) is 0.491. The molecule has 1 amide bonds. The number of alkyl halides is 3. The van der Waals surface area contributed by atoms with E-state index in [0.29, 0.717) is 6.07 Å². The van der Waals surface area contributed by atoms with E-state index in [1.165, 1.54) is 11.8 Å². The molecule has 0 fully saturated rings. The predicted molar refractivity (Wildman–Crippen MR) is 83.9 cm³/mol. The monoisotopic (exact) mass is 356 g/mol. The number of nitro groups is 1. The number of nitrogens with zero attached hydrogens (tertiary/aromatic N) is 1. The standard InChI is InChI=1S/C15H11F3N2O3S/c16-15(17,18)12-8-10(20(22)23)6-7-13(12)19-14(21)9-24-11-4-2-1-3-5-11/h1-8H,9H2,(H,19,21). The average molecular weight is 356 g/mol. The summed E-state index contributed by atoms with van der Waals surface area (Å²) in [5.74, 6) is -0.721. The maximum Gasteiger partial charge on any atom is 0.418 e. The van der Waals surface area contributed by atoms with Gasteiger partial charge in [-0.05, 0) is 18.2 Å². The fourth-order valence-corrected chi connectivity index (χ4v) is 2.56. The number of anilines is 1. The normalized spacial score (nSPS) is 11.1. The zero-order valence-corrected chi connectivity index (χ0v) is 12.9. The second kappa shape index (κ2) is 7.35. The van der Waals surface area contributed by atoms with E-state index in [1.807, 2.05) is 0 Å². The molecule has 2 aromatic rings. The third-order valence-electron chi connectivity index (χ3n) is 2.91. The van der Waals surface area contributed by atoms with Crippen molar-refractivity contribution in [1.82, 2.24) is 0 Å². The van der Waals surface area contributed by atoms with E-state index < -0.39 is 33.9 Å². The third-order valence-corrected chi connectivity index (χ3v) is 3.92. The number of nitro benzene ring substituents is 1. The molecule has 0 aliphatic rings. The highest BCUT2D eigenvalue weighted by Crippen LogP contribution is 2.37. The average Bonchev–Trinajstić information content (AvgIpc) is 2.53. The van der Waals surface area contributed by atoms with Crippen LogP contribution in [0.3, 0.4) is 0 Å². The Morgan fingerprint density at radius 1 is 1.17 bits per heavy atom. The van der Waals surface area contributed by atoms with E-state index in [4.69, 9.17) is 0 Å². The number of nitrogens with one attached hydrogen (secondary N) is 1. The number of carbonyl (C=O) groups excluding carboxylic acids is 1. The fraction of sp³-hybridized carbons (Fsp3) is 0.133. The molecule has 24 heavy (non-hydrogen) atoms. The van der Waals surface area contributed by atoms with Gasteiger partial charge in [0.05, 0.1) is 21.9 Å². The Kier molecular flexibility index (Phi) is 5.45. The van der Waals surface area contributed by atoms with Crippen LogP contribution in [0.15, 0.2) is 53.4 Å². The molecule has 0 saturated carbocycles. The molecule has 0 spiro atoms. The summed E-state index contributed by atoms with van der Waals surface area (Å²) >= 11 is 1.17. The SMILES string of the molecule is O=C(CSc1ccccc1)Nc1ccc([N+](=O)[O-])cc1C(F)(F)F. The molecule has 0 bridgehead atoms. The molecular formula is C15H11F3N2O3S. The van der Waals surface area contributed by atoms with Gasteiger partial charge in [0, 0.05) is 17.0 Å². The lowest BCUT2D eigenvalue weighted by Gasteiger charge is -2.13. The first kappa shape index (κ1) is 17.8. The predicted octanol–water partition coefficient (Wildman–Crippen LogP) is 4.34. The Balaban J connectivity index is 2.13. The van der Waals surface area contributed by atoms with Crippen LogP contribution in [-0.2, 0) is 11.0 Å². The minimum atomic E-state index is -4.82. The second-order valence-electron chi connectivity index (χ2n) is 4.63. The lowest BCUT2D eigenvalue weighted by molar-refractivity contribution is -0.385. The smallest absolute Gasteiger partial charge is 0.325 e. The highest BCUT2D eigenvalue weighted by Gasteiger charge is 2.35. The Labute approximate surface area is 139 Å². The maximum absolute atomic E-state index is 13.0. The fourth-order valence-electron chi connectivity index (χ4n) is 1.84. The maximum atomic E-state index is 13.0.